The molecule has 1 amide bonds. The fourth-order valence-corrected chi connectivity index (χ4v) is 3.93. The van der Waals surface area contributed by atoms with Crippen LogP contribution in [0, 0.1) is 5.92 Å². The van der Waals surface area contributed by atoms with E-state index < -0.39 is 0 Å². The predicted octanol–water partition coefficient (Wildman–Crippen LogP) is 2.74. The number of morpholine rings is 1. The number of amides is 1. The minimum Gasteiger partial charge on any atom is -0.497 e. The Labute approximate surface area is 143 Å². The summed E-state index contributed by atoms with van der Waals surface area (Å²) < 4.78 is 17.1. The van der Waals surface area contributed by atoms with Crippen LogP contribution in [0.1, 0.15) is 36.5 Å². The SMILES string of the molecule is CCOC[C@H]1CCC[C@]12CN(C(=O)c1cccc(OC)c1)CCO2. The number of methoxy groups -OCH3 is 1. The highest BCUT2D eigenvalue weighted by atomic mass is 16.5. The third-order valence-electron chi connectivity index (χ3n) is 5.23. The van der Waals surface area contributed by atoms with Crippen LogP contribution >= 0.6 is 0 Å². The van der Waals surface area contributed by atoms with Crippen LogP contribution in [0.5, 0.6) is 5.75 Å². The van der Waals surface area contributed by atoms with E-state index in [1.54, 1.807) is 13.2 Å². The van der Waals surface area contributed by atoms with Crippen molar-refractivity contribution >= 4 is 5.91 Å². The summed E-state index contributed by atoms with van der Waals surface area (Å²) in [6.45, 7) is 5.34. The Morgan fingerprint density at radius 1 is 1.46 bits per heavy atom. The Hall–Kier alpha value is -1.59. The standard InChI is InChI=1S/C19H27NO4/c1-3-23-13-16-7-5-9-19(16)14-20(10-11-24-19)18(21)15-6-4-8-17(12-15)22-2/h4,6,8,12,16H,3,5,7,9-11,13-14H2,1-2H3/t16-,19+/m1/s1. The highest BCUT2D eigenvalue weighted by Gasteiger charge is 2.47. The molecule has 5 heteroatoms. The summed E-state index contributed by atoms with van der Waals surface area (Å²) in [7, 11) is 1.62. The highest BCUT2D eigenvalue weighted by molar-refractivity contribution is 5.94. The fraction of sp³-hybridized carbons (Fsp3) is 0.632. The molecule has 1 spiro atoms. The van der Waals surface area contributed by atoms with Gasteiger partial charge in [0.25, 0.3) is 5.91 Å². The number of hydrogen-bond donors (Lipinski definition) is 0. The zero-order chi connectivity index (χ0) is 17.0. The van der Waals surface area contributed by atoms with Gasteiger partial charge >= 0.3 is 0 Å². The molecule has 1 aliphatic heterocycles. The van der Waals surface area contributed by atoms with Crippen molar-refractivity contribution in [1.82, 2.24) is 4.90 Å². The minimum atomic E-state index is -0.234. The van der Waals surface area contributed by atoms with Crippen LogP contribution in [0.3, 0.4) is 0 Å². The second-order valence-corrected chi connectivity index (χ2v) is 6.62. The average Bonchev–Trinajstić information content (AvgIpc) is 3.00. The maximum Gasteiger partial charge on any atom is 0.254 e. The number of rotatable bonds is 5. The number of hydrogen-bond acceptors (Lipinski definition) is 4. The molecule has 132 valence electrons. The Bertz CT molecular complexity index is 576. The Kier molecular flexibility index (Phi) is 5.41. The van der Waals surface area contributed by atoms with E-state index in [-0.39, 0.29) is 11.5 Å². The first kappa shape index (κ1) is 17.2. The van der Waals surface area contributed by atoms with Gasteiger partial charge in [0.15, 0.2) is 0 Å². The van der Waals surface area contributed by atoms with Gasteiger partial charge in [-0.25, -0.2) is 0 Å². The summed E-state index contributed by atoms with van der Waals surface area (Å²) in [4.78, 5) is 14.8. The zero-order valence-corrected chi connectivity index (χ0v) is 14.6. The van der Waals surface area contributed by atoms with Gasteiger partial charge in [-0.15, -0.1) is 0 Å². The summed E-state index contributed by atoms with van der Waals surface area (Å²) in [5, 5.41) is 0. The molecule has 0 unspecified atom stereocenters. The lowest BCUT2D eigenvalue weighted by Gasteiger charge is -2.44. The van der Waals surface area contributed by atoms with Crippen LogP contribution in [0.25, 0.3) is 0 Å². The number of nitrogens with zero attached hydrogens (tertiary/aromatic N) is 1. The second kappa shape index (κ2) is 7.53. The van der Waals surface area contributed by atoms with Crippen molar-refractivity contribution in [2.45, 2.75) is 31.8 Å². The molecule has 2 aliphatic rings. The molecular formula is C19H27NO4. The molecule has 0 bridgehead atoms. The second-order valence-electron chi connectivity index (χ2n) is 6.62. The quantitative estimate of drug-likeness (QED) is 0.831. The Morgan fingerprint density at radius 3 is 3.12 bits per heavy atom. The molecule has 0 radical (unpaired) electrons. The summed E-state index contributed by atoms with van der Waals surface area (Å²) in [5.41, 5.74) is 0.438. The van der Waals surface area contributed by atoms with E-state index in [1.807, 2.05) is 30.0 Å². The van der Waals surface area contributed by atoms with Gasteiger partial charge in [0, 0.05) is 24.6 Å². The number of carbonyl (C=O) groups excluding carboxylic acids is 1. The highest BCUT2D eigenvalue weighted by Crippen LogP contribution is 2.41. The number of ether oxygens (including phenoxy) is 3. The lowest BCUT2D eigenvalue weighted by atomic mass is 9.89. The maximum atomic E-state index is 12.9. The van der Waals surface area contributed by atoms with E-state index >= 15 is 0 Å². The van der Waals surface area contributed by atoms with Crippen molar-refractivity contribution in [2.24, 2.45) is 5.92 Å². The van der Waals surface area contributed by atoms with Gasteiger partial charge in [-0.3, -0.25) is 4.79 Å². The Morgan fingerprint density at radius 2 is 2.33 bits per heavy atom. The molecular weight excluding hydrogens is 306 g/mol. The smallest absolute Gasteiger partial charge is 0.254 e. The van der Waals surface area contributed by atoms with Crippen molar-refractivity contribution in [1.29, 1.82) is 0 Å². The first-order valence-corrected chi connectivity index (χ1v) is 8.83. The van der Waals surface area contributed by atoms with E-state index in [0.29, 0.717) is 36.9 Å². The lowest BCUT2D eigenvalue weighted by Crippen LogP contribution is -2.56. The lowest BCUT2D eigenvalue weighted by molar-refractivity contribution is -0.132. The fourth-order valence-electron chi connectivity index (χ4n) is 3.93. The molecule has 24 heavy (non-hydrogen) atoms. The van der Waals surface area contributed by atoms with E-state index in [4.69, 9.17) is 14.2 Å². The third-order valence-corrected chi connectivity index (χ3v) is 5.23. The minimum absolute atomic E-state index is 0.0543. The van der Waals surface area contributed by atoms with E-state index in [2.05, 4.69) is 0 Å². The zero-order valence-electron chi connectivity index (χ0n) is 14.6. The van der Waals surface area contributed by atoms with E-state index in [1.165, 1.54) is 0 Å². The average molecular weight is 333 g/mol. The molecule has 1 aromatic carbocycles. The maximum absolute atomic E-state index is 12.9. The first-order chi connectivity index (χ1) is 11.7. The number of benzene rings is 1. The molecule has 2 fully saturated rings. The van der Waals surface area contributed by atoms with Crippen LogP contribution in [0.2, 0.25) is 0 Å². The molecule has 5 nitrogen and oxygen atoms in total. The van der Waals surface area contributed by atoms with Crippen LogP contribution in [-0.4, -0.2) is 56.4 Å². The van der Waals surface area contributed by atoms with Crippen LogP contribution in [0.15, 0.2) is 24.3 Å². The summed E-state index contributed by atoms with van der Waals surface area (Å²) in [6.07, 6.45) is 3.26. The molecule has 0 N–H and O–H groups in total. The summed E-state index contributed by atoms with van der Waals surface area (Å²) in [6, 6.07) is 7.36. The van der Waals surface area contributed by atoms with Crippen molar-refractivity contribution < 1.29 is 19.0 Å². The monoisotopic (exact) mass is 333 g/mol. The van der Waals surface area contributed by atoms with Gasteiger partial charge < -0.3 is 19.1 Å². The molecule has 1 aromatic rings. The topological polar surface area (TPSA) is 48.0 Å². The van der Waals surface area contributed by atoms with Gasteiger partial charge in [-0.05, 0) is 38.0 Å². The summed E-state index contributed by atoms with van der Waals surface area (Å²) >= 11 is 0. The molecule has 3 rings (SSSR count). The van der Waals surface area contributed by atoms with Gasteiger partial charge in [-0.1, -0.05) is 12.5 Å². The van der Waals surface area contributed by atoms with Crippen LogP contribution in [0.4, 0.5) is 0 Å². The molecule has 1 saturated heterocycles. The van der Waals surface area contributed by atoms with Gasteiger partial charge in [-0.2, -0.15) is 0 Å². The van der Waals surface area contributed by atoms with Crippen LogP contribution < -0.4 is 4.74 Å². The van der Waals surface area contributed by atoms with Crippen LogP contribution in [-0.2, 0) is 9.47 Å². The largest absolute Gasteiger partial charge is 0.497 e. The molecule has 1 aliphatic carbocycles. The predicted molar refractivity (Wildman–Crippen MR) is 91.4 cm³/mol. The molecule has 1 heterocycles. The van der Waals surface area contributed by atoms with Gasteiger partial charge in [0.2, 0.25) is 0 Å². The van der Waals surface area contributed by atoms with Crippen molar-refractivity contribution in [3.05, 3.63) is 29.8 Å². The molecule has 0 aromatic heterocycles. The Balaban J connectivity index is 1.73. The molecule has 1 saturated carbocycles. The van der Waals surface area contributed by atoms with Crippen molar-refractivity contribution in [3.8, 4) is 5.75 Å². The number of carbonyl (C=O) groups is 1. The van der Waals surface area contributed by atoms with E-state index in [9.17, 15) is 4.79 Å². The normalized spacial score (nSPS) is 26.8. The van der Waals surface area contributed by atoms with Crippen molar-refractivity contribution in [2.75, 3.05) is 40.0 Å². The molecule has 2 atom stereocenters. The summed E-state index contributed by atoms with van der Waals surface area (Å²) in [5.74, 6) is 1.14. The first-order valence-electron chi connectivity index (χ1n) is 8.83. The van der Waals surface area contributed by atoms with Gasteiger partial charge in [0.05, 0.1) is 32.5 Å². The van der Waals surface area contributed by atoms with Gasteiger partial charge in [0.1, 0.15) is 5.75 Å². The van der Waals surface area contributed by atoms with E-state index in [0.717, 1.165) is 32.5 Å². The van der Waals surface area contributed by atoms with Crippen molar-refractivity contribution in [3.63, 3.8) is 0 Å². The third kappa shape index (κ3) is 3.42.